The molecule has 0 unspecified atom stereocenters. The molecule has 142 valence electrons. The molecular formula is C19H24N6O2. The van der Waals surface area contributed by atoms with Gasteiger partial charge in [0.1, 0.15) is 11.5 Å². The van der Waals surface area contributed by atoms with E-state index >= 15 is 0 Å². The van der Waals surface area contributed by atoms with Crippen molar-refractivity contribution in [2.24, 2.45) is 0 Å². The van der Waals surface area contributed by atoms with Crippen molar-refractivity contribution >= 4 is 34.4 Å². The Morgan fingerprint density at radius 3 is 2.67 bits per heavy atom. The van der Waals surface area contributed by atoms with Crippen molar-refractivity contribution < 1.29 is 9.53 Å². The number of carbonyl (C=O) groups is 1. The van der Waals surface area contributed by atoms with E-state index in [0.29, 0.717) is 24.7 Å². The molecule has 0 bridgehead atoms. The van der Waals surface area contributed by atoms with Crippen LogP contribution in [0, 0.1) is 0 Å². The van der Waals surface area contributed by atoms with Crippen molar-refractivity contribution in [3.05, 3.63) is 42.1 Å². The molecule has 0 aliphatic carbocycles. The topological polar surface area (TPSA) is 104 Å². The first kappa shape index (κ1) is 18.7. The van der Waals surface area contributed by atoms with Gasteiger partial charge in [-0.05, 0) is 44.2 Å². The van der Waals surface area contributed by atoms with Crippen molar-refractivity contribution in [3.8, 4) is 0 Å². The van der Waals surface area contributed by atoms with E-state index in [2.05, 4.69) is 44.7 Å². The Hall–Kier alpha value is -3.13. The third-order valence-electron chi connectivity index (χ3n) is 3.84. The van der Waals surface area contributed by atoms with E-state index in [1.807, 2.05) is 24.4 Å². The molecule has 2 aromatic heterocycles. The quantitative estimate of drug-likeness (QED) is 0.456. The predicted octanol–water partition coefficient (Wildman–Crippen LogP) is 2.90. The van der Waals surface area contributed by atoms with Gasteiger partial charge in [-0.2, -0.15) is 9.97 Å². The first-order valence-electron chi connectivity index (χ1n) is 8.82. The average Bonchev–Trinajstić information content (AvgIpc) is 3.11. The summed E-state index contributed by atoms with van der Waals surface area (Å²) in [5.41, 5.74) is 2.13. The second-order valence-electron chi connectivity index (χ2n) is 6.39. The van der Waals surface area contributed by atoms with E-state index in [9.17, 15) is 4.79 Å². The van der Waals surface area contributed by atoms with Gasteiger partial charge >= 0.3 is 0 Å². The zero-order chi connectivity index (χ0) is 19.2. The molecule has 8 heteroatoms. The van der Waals surface area contributed by atoms with Crippen LogP contribution >= 0.6 is 0 Å². The van der Waals surface area contributed by atoms with Crippen LogP contribution in [0.5, 0.6) is 0 Å². The van der Waals surface area contributed by atoms with Gasteiger partial charge in [0.25, 0.3) is 5.91 Å². The van der Waals surface area contributed by atoms with Crippen LogP contribution in [0.1, 0.15) is 24.2 Å². The SMILES string of the molecule is COCCNC(=O)c1ccc(Nc2nc(NC(C)C)c3cc[nH]c3n2)cc1. The smallest absolute Gasteiger partial charge is 0.251 e. The number of rotatable bonds is 8. The Morgan fingerprint density at radius 2 is 1.96 bits per heavy atom. The molecule has 0 atom stereocenters. The van der Waals surface area contributed by atoms with Crippen molar-refractivity contribution in [2.45, 2.75) is 19.9 Å². The van der Waals surface area contributed by atoms with Crippen LogP contribution in [0.2, 0.25) is 0 Å². The van der Waals surface area contributed by atoms with Gasteiger partial charge in [-0.1, -0.05) is 0 Å². The lowest BCUT2D eigenvalue weighted by atomic mass is 10.2. The molecule has 0 fully saturated rings. The molecular weight excluding hydrogens is 344 g/mol. The van der Waals surface area contributed by atoms with E-state index in [-0.39, 0.29) is 11.9 Å². The van der Waals surface area contributed by atoms with E-state index in [4.69, 9.17) is 4.74 Å². The third-order valence-corrected chi connectivity index (χ3v) is 3.84. The Balaban J connectivity index is 1.74. The van der Waals surface area contributed by atoms with Gasteiger partial charge in [-0.25, -0.2) is 0 Å². The molecule has 0 radical (unpaired) electrons. The van der Waals surface area contributed by atoms with Crippen LogP contribution in [0.25, 0.3) is 11.0 Å². The number of fused-ring (bicyclic) bond motifs is 1. The van der Waals surface area contributed by atoms with Crippen molar-refractivity contribution in [3.63, 3.8) is 0 Å². The van der Waals surface area contributed by atoms with Crippen molar-refractivity contribution in [1.29, 1.82) is 0 Å². The van der Waals surface area contributed by atoms with Crippen LogP contribution in [-0.2, 0) is 4.74 Å². The second kappa shape index (κ2) is 8.50. The molecule has 0 aliphatic heterocycles. The largest absolute Gasteiger partial charge is 0.383 e. The summed E-state index contributed by atoms with van der Waals surface area (Å²) >= 11 is 0. The Labute approximate surface area is 157 Å². The highest BCUT2D eigenvalue weighted by Crippen LogP contribution is 2.23. The number of H-pyrrole nitrogens is 1. The number of amides is 1. The van der Waals surface area contributed by atoms with Gasteiger partial charge in [-0.15, -0.1) is 0 Å². The maximum Gasteiger partial charge on any atom is 0.251 e. The van der Waals surface area contributed by atoms with E-state index in [0.717, 1.165) is 22.5 Å². The standard InChI is InChI=1S/C19H24N6O2/c1-12(2)22-17-15-8-9-20-16(15)24-19(25-17)23-14-6-4-13(5-7-14)18(26)21-10-11-27-3/h4-9,12H,10-11H2,1-3H3,(H,21,26)(H3,20,22,23,24,25). The first-order valence-corrected chi connectivity index (χ1v) is 8.82. The Morgan fingerprint density at radius 1 is 1.19 bits per heavy atom. The lowest BCUT2D eigenvalue weighted by Crippen LogP contribution is -2.26. The van der Waals surface area contributed by atoms with E-state index < -0.39 is 0 Å². The highest BCUT2D eigenvalue weighted by atomic mass is 16.5. The monoisotopic (exact) mass is 368 g/mol. The molecule has 1 aromatic carbocycles. The summed E-state index contributed by atoms with van der Waals surface area (Å²) < 4.78 is 4.93. The summed E-state index contributed by atoms with van der Waals surface area (Å²) in [7, 11) is 1.60. The second-order valence-corrected chi connectivity index (χ2v) is 6.39. The summed E-state index contributed by atoms with van der Waals surface area (Å²) in [6, 6.07) is 9.35. The van der Waals surface area contributed by atoms with Gasteiger partial charge in [0, 0.05) is 37.1 Å². The minimum atomic E-state index is -0.133. The highest BCUT2D eigenvalue weighted by molar-refractivity contribution is 5.94. The number of hydrogen-bond acceptors (Lipinski definition) is 6. The van der Waals surface area contributed by atoms with E-state index in [1.165, 1.54) is 0 Å². The summed E-state index contributed by atoms with van der Waals surface area (Å²) in [5.74, 6) is 1.12. The fourth-order valence-corrected chi connectivity index (χ4v) is 2.58. The maximum absolute atomic E-state index is 12.0. The molecule has 8 nitrogen and oxygen atoms in total. The lowest BCUT2D eigenvalue weighted by molar-refractivity contribution is 0.0937. The third kappa shape index (κ3) is 4.73. The number of anilines is 3. The number of benzene rings is 1. The number of hydrogen-bond donors (Lipinski definition) is 4. The minimum Gasteiger partial charge on any atom is -0.383 e. The number of aromatic amines is 1. The molecule has 2 heterocycles. The predicted molar refractivity (Wildman–Crippen MR) is 107 cm³/mol. The minimum absolute atomic E-state index is 0.133. The number of nitrogens with one attached hydrogen (secondary N) is 4. The first-order chi connectivity index (χ1) is 13.1. The van der Waals surface area contributed by atoms with Crippen LogP contribution in [0.15, 0.2) is 36.5 Å². The van der Waals surface area contributed by atoms with Gasteiger partial charge in [0.2, 0.25) is 5.95 Å². The number of nitrogens with zero attached hydrogens (tertiary/aromatic N) is 2. The molecule has 27 heavy (non-hydrogen) atoms. The zero-order valence-corrected chi connectivity index (χ0v) is 15.7. The van der Waals surface area contributed by atoms with Gasteiger partial charge < -0.3 is 25.7 Å². The molecule has 0 saturated heterocycles. The molecule has 1 amide bonds. The lowest BCUT2D eigenvalue weighted by Gasteiger charge is -2.12. The number of aromatic nitrogens is 3. The molecule has 0 aliphatic rings. The number of ether oxygens (including phenoxy) is 1. The number of methoxy groups -OCH3 is 1. The zero-order valence-electron chi connectivity index (χ0n) is 15.7. The highest BCUT2D eigenvalue weighted by Gasteiger charge is 2.10. The van der Waals surface area contributed by atoms with Gasteiger partial charge in [0.05, 0.1) is 12.0 Å². The van der Waals surface area contributed by atoms with Crippen LogP contribution in [0.3, 0.4) is 0 Å². The fourth-order valence-electron chi connectivity index (χ4n) is 2.58. The summed E-state index contributed by atoms with van der Waals surface area (Å²) in [6.45, 7) is 5.08. The van der Waals surface area contributed by atoms with Crippen LogP contribution in [-0.4, -0.2) is 47.2 Å². The van der Waals surface area contributed by atoms with Crippen LogP contribution < -0.4 is 16.0 Å². The molecule has 0 spiro atoms. The summed E-state index contributed by atoms with van der Waals surface area (Å²) in [6.07, 6.45) is 1.84. The summed E-state index contributed by atoms with van der Waals surface area (Å²) in [4.78, 5) is 24.2. The average molecular weight is 368 g/mol. The van der Waals surface area contributed by atoms with Gasteiger partial charge in [-0.3, -0.25) is 4.79 Å². The van der Waals surface area contributed by atoms with Crippen molar-refractivity contribution in [1.82, 2.24) is 20.3 Å². The fraction of sp³-hybridized carbons (Fsp3) is 0.316. The number of carbonyl (C=O) groups excluding carboxylic acids is 1. The normalized spacial score (nSPS) is 11.0. The van der Waals surface area contributed by atoms with Gasteiger partial charge in [0.15, 0.2) is 0 Å². The molecule has 4 N–H and O–H groups in total. The molecule has 0 saturated carbocycles. The Bertz CT molecular complexity index is 904. The van der Waals surface area contributed by atoms with E-state index in [1.54, 1.807) is 19.2 Å². The maximum atomic E-state index is 12.0. The molecule has 3 aromatic rings. The molecule has 3 rings (SSSR count). The van der Waals surface area contributed by atoms with Crippen molar-refractivity contribution in [2.75, 3.05) is 30.9 Å². The Kier molecular flexibility index (Phi) is 5.87. The van der Waals surface area contributed by atoms with Crippen LogP contribution in [0.4, 0.5) is 17.5 Å². The summed E-state index contributed by atoms with van der Waals surface area (Å²) in [5, 5.41) is 10.3.